The number of hydrogen-bond donors (Lipinski definition) is 1. The Morgan fingerprint density at radius 1 is 0.690 bits per heavy atom. The Labute approximate surface area is 165 Å². The van der Waals surface area contributed by atoms with Crippen molar-refractivity contribution in [1.29, 1.82) is 0 Å². The van der Waals surface area contributed by atoms with Gasteiger partial charge in [-0.25, -0.2) is 4.79 Å². The summed E-state index contributed by atoms with van der Waals surface area (Å²) < 4.78 is 0. The van der Waals surface area contributed by atoms with E-state index in [1.807, 2.05) is 6.07 Å². The molecule has 0 aromatic heterocycles. The molecule has 1 aliphatic rings. The van der Waals surface area contributed by atoms with E-state index in [-0.39, 0.29) is 22.6 Å². The highest BCUT2D eigenvalue weighted by Gasteiger charge is 2.38. The standard InChI is InChI=1S/C22H14N2O5/c25-19(14-6-2-1-3-7-14)23-16-12-10-15(11-13-16)22(28)29-24-20(26)17-8-4-5-9-18(17)21(24)27/h1-13H,(H,23,25). The van der Waals surface area contributed by atoms with E-state index >= 15 is 0 Å². The number of nitrogens with one attached hydrogen (secondary N) is 1. The van der Waals surface area contributed by atoms with Gasteiger partial charge in [0.15, 0.2) is 0 Å². The molecule has 0 fully saturated rings. The molecule has 7 heteroatoms. The van der Waals surface area contributed by atoms with Crippen LogP contribution in [-0.4, -0.2) is 28.8 Å². The van der Waals surface area contributed by atoms with Crippen molar-refractivity contribution >= 4 is 29.4 Å². The maximum Gasteiger partial charge on any atom is 0.363 e. The van der Waals surface area contributed by atoms with Gasteiger partial charge in [0, 0.05) is 11.3 Å². The van der Waals surface area contributed by atoms with Crippen LogP contribution in [-0.2, 0) is 4.84 Å². The molecule has 0 unspecified atom stereocenters. The molecule has 0 radical (unpaired) electrons. The molecule has 3 aromatic carbocycles. The first-order valence-electron chi connectivity index (χ1n) is 8.71. The second kappa shape index (κ2) is 7.40. The Hall–Kier alpha value is -4.26. The first kappa shape index (κ1) is 18.1. The molecule has 3 amide bonds. The quantitative estimate of drug-likeness (QED) is 0.695. The average molecular weight is 386 g/mol. The predicted molar refractivity (Wildman–Crippen MR) is 103 cm³/mol. The van der Waals surface area contributed by atoms with Gasteiger partial charge in [-0.3, -0.25) is 14.4 Å². The summed E-state index contributed by atoms with van der Waals surface area (Å²) in [5, 5.41) is 3.17. The lowest BCUT2D eigenvalue weighted by Crippen LogP contribution is -2.32. The van der Waals surface area contributed by atoms with Crippen molar-refractivity contribution in [3.05, 3.63) is 101 Å². The maximum absolute atomic E-state index is 12.3. The first-order chi connectivity index (χ1) is 14.0. The SMILES string of the molecule is O=C(Nc1ccc(C(=O)ON2C(=O)c3ccccc3C2=O)cc1)c1ccccc1. The van der Waals surface area contributed by atoms with Gasteiger partial charge < -0.3 is 10.2 Å². The molecule has 1 heterocycles. The minimum absolute atomic E-state index is 0.124. The van der Waals surface area contributed by atoms with Crippen LogP contribution >= 0.6 is 0 Å². The van der Waals surface area contributed by atoms with Crippen LogP contribution in [0.4, 0.5) is 5.69 Å². The molecule has 7 nitrogen and oxygen atoms in total. The Morgan fingerprint density at radius 2 is 1.24 bits per heavy atom. The molecule has 142 valence electrons. The molecule has 0 spiro atoms. The van der Waals surface area contributed by atoms with E-state index in [2.05, 4.69) is 5.32 Å². The van der Waals surface area contributed by atoms with E-state index in [0.717, 1.165) is 0 Å². The van der Waals surface area contributed by atoms with E-state index in [1.165, 1.54) is 36.4 Å². The van der Waals surface area contributed by atoms with Crippen LogP contribution in [0.1, 0.15) is 41.4 Å². The highest BCUT2D eigenvalue weighted by atomic mass is 16.7. The number of amides is 3. The minimum Gasteiger partial charge on any atom is -0.324 e. The van der Waals surface area contributed by atoms with Crippen LogP contribution in [0.3, 0.4) is 0 Å². The first-order valence-corrected chi connectivity index (χ1v) is 8.71. The summed E-state index contributed by atoms with van der Waals surface area (Å²) in [6.45, 7) is 0. The molecular weight excluding hydrogens is 372 g/mol. The van der Waals surface area contributed by atoms with Crippen molar-refractivity contribution in [1.82, 2.24) is 5.06 Å². The summed E-state index contributed by atoms with van der Waals surface area (Å²) in [5.41, 5.74) is 1.48. The molecule has 4 rings (SSSR count). The molecular formula is C22H14N2O5. The Morgan fingerprint density at radius 3 is 1.83 bits per heavy atom. The summed E-state index contributed by atoms with van der Waals surface area (Å²) in [7, 11) is 0. The van der Waals surface area contributed by atoms with Crippen LogP contribution in [0, 0.1) is 0 Å². The molecule has 0 saturated carbocycles. The van der Waals surface area contributed by atoms with Gasteiger partial charge in [0.25, 0.3) is 17.7 Å². The summed E-state index contributed by atoms with van der Waals surface area (Å²) in [4.78, 5) is 54.0. The molecule has 0 saturated heterocycles. The van der Waals surface area contributed by atoms with Crippen molar-refractivity contribution in [2.75, 3.05) is 5.32 Å². The van der Waals surface area contributed by atoms with Crippen molar-refractivity contribution in [2.24, 2.45) is 0 Å². The Kier molecular flexibility index (Phi) is 4.62. The van der Waals surface area contributed by atoms with Gasteiger partial charge in [0.1, 0.15) is 0 Å². The maximum atomic E-state index is 12.3. The smallest absolute Gasteiger partial charge is 0.324 e. The van der Waals surface area contributed by atoms with E-state index in [1.54, 1.807) is 36.4 Å². The van der Waals surface area contributed by atoms with Crippen molar-refractivity contribution in [2.45, 2.75) is 0 Å². The van der Waals surface area contributed by atoms with Crippen LogP contribution in [0.5, 0.6) is 0 Å². The van der Waals surface area contributed by atoms with Crippen molar-refractivity contribution < 1.29 is 24.0 Å². The number of hydrogen-bond acceptors (Lipinski definition) is 5. The van der Waals surface area contributed by atoms with Gasteiger partial charge in [0.2, 0.25) is 0 Å². The summed E-state index contributed by atoms with van der Waals surface area (Å²) >= 11 is 0. The zero-order valence-corrected chi connectivity index (χ0v) is 15.0. The number of carbonyl (C=O) groups is 4. The van der Waals surface area contributed by atoms with Gasteiger partial charge in [-0.15, -0.1) is 0 Å². The second-order valence-electron chi connectivity index (χ2n) is 6.23. The summed E-state index contributed by atoms with van der Waals surface area (Å²) in [6, 6.07) is 20.8. The number of nitrogens with zero attached hydrogens (tertiary/aromatic N) is 1. The fraction of sp³-hybridized carbons (Fsp3) is 0. The molecule has 29 heavy (non-hydrogen) atoms. The second-order valence-corrected chi connectivity index (χ2v) is 6.23. The van der Waals surface area contributed by atoms with Crippen LogP contribution < -0.4 is 5.32 Å². The van der Waals surface area contributed by atoms with E-state index in [9.17, 15) is 19.2 Å². The molecule has 0 aliphatic carbocycles. The third kappa shape index (κ3) is 3.49. The zero-order valence-electron chi connectivity index (χ0n) is 15.0. The predicted octanol–water partition coefficient (Wildman–Crippen LogP) is 3.31. The van der Waals surface area contributed by atoms with E-state index in [4.69, 9.17) is 4.84 Å². The highest BCUT2D eigenvalue weighted by molar-refractivity contribution is 6.21. The van der Waals surface area contributed by atoms with E-state index in [0.29, 0.717) is 16.3 Å². The Bertz CT molecular complexity index is 1090. The monoisotopic (exact) mass is 386 g/mol. The number of imide groups is 1. The van der Waals surface area contributed by atoms with Crippen LogP contribution in [0.25, 0.3) is 0 Å². The van der Waals surface area contributed by atoms with Crippen molar-refractivity contribution in [3.63, 3.8) is 0 Å². The molecule has 0 bridgehead atoms. The molecule has 3 aromatic rings. The van der Waals surface area contributed by atoms with Gasteiger partial charge in [0.05, 0.1) is 16.7 Å². The molecule has 1 aliphatic heterocycles. The fourth-order valence-corrected chi connectivity index (χ4v) is 2.87. The number of anilines is 1. The lowest BCUT2D eigenvalue weighted by molar-refractivity contribution is -0.0584. The number of carbonyl (C=O) groups excluding carboxylic acids is 4. The molecule has 0 atom stereocenters. The van der Waals surface area contributed by atoms with Gasteiger partial charge in [-0.2, -0.15) is 0 Å². The zero-order chi connectivity index (χ0) is 20.4. The van der Waals surface area contributed by atoms with Gasteiger partial charge >= 0.3 is 5.97 Å². The largest absolute Gasteiger partial charge is 0.363 e. The fourth-order valence-electron chi connectivity index (χ4n) is 2.87. The lowest BCUT2D eigenvalue weighted by Gasteiger charge is -2.13. The number of hydroxylamine groups is 2. The number of benzene rings is 3. The van der Waals surface area contributed by atoms with Gasteiger partial charge in [-0.05, 0) is 48.5 Å². The number of rotatable bonds is 4. The third-order valence-electron chi connectivity index (χ3n) is 4.35. The lowest BCUT2D eigenvalue weighted by atomic mass is 10.1. The summed E-state index contributed by atoms with van der Waals surface area (Å²) in [5.74, 6) is -2.52. The van der Waals surface area contributed by atoms with Crippen LogP contribution in [0.15, 0.2) is 78.9 Å². The topological polar surface area (TPSA) is 92.8 Å². The normalized spacial score (nSPS) is 12.5. The van der Waals surface area contributed by atoms with Crippen molar-refractivity contribution in [3.8, 4) is 0 Å². The van der Waals surface area contributed by atoms with Crippen LogP contribution in [0.2, 0.25) is 0 Å². The minimum atomic E-state index is -0.861. The Balaban J connectivity index is 1.43. The van der Waals surface area contributed by atoms with E-state index < -0.39 is 17.8 Å². The summed E-state index contributed by atoms with van der Waals surface area (Å²) in [6.07, 6.45) is 0. The van der Waals surface area contributed by atoms with Gasteiger partial charge in [-0.1, -0.05) is 35.4 Å². The third-order valence-corrected chi connectivity index (χ3v) is 4.35. The highest BCUT2D eigenvalue weighted by Crippen LogP contribution is 2.23. The molecule has 1 N–H and O–H groups in total. The average Bonchev–Trinajstić information content (AvgIpc) is 3.00. The number of fused-ring (bicyclic) bond motifs is 1.